The van der Waals surface area contributed by atoms with E-state index in [4.69, 9.17) is 5.73 Å². The van der Waals surface area contributed by atoms with E-state index in [0.717, 1.165) is 12.1 Å². The SMILES string of the molecule is CC(N)c1nc2cccc(F)c2c(=O)n1-c1cc(F)cc(C(F)(F)F)c1. The second kappa shape index (κ2) is 6.17. The third kappa shape index (κ3) is 3.05. The van der Waals surface area contributed by atoms with Gasteiger partial charge < -0.3 is 5.73 Å². The highest BCUT2D eigenvalue weighted by atomic mass is 19.4. The maximum absolute atomic E-state index is 14.1. The summed E-state index contributed by atoms with van der Waals surface area (Å²) in [6.45, 7) is 1.45. The van der Waals surface area contributed by atoms with E-state index in [1.807, 2.05) is 0 Å². The Morgan fingerprint density at radius 3 is 2.46 bits per heavy atom. The molecule has 0 aliphatic rings. The Morgan fingerprint density at radius 2 is 1.85 bits per heavy atom. The molecule has 0 aliphatic carbocycles. The number of hydrogen-bond acceptors (Lipinski definition) is 3. The third-order valence-electron chi connectivity index (χ3n) is 3.75. The molecule has 3 rings (SSSR count). The second-order valence-corrected chi connectivity index (χ2v) is 5.73. The van der Waals surface area contributed by atoms with Crippen molar-refractivity contribution >= 4 is 10.9 Å². The Balaban J connectivity index is 2.43. The number of hydrogen-bond donors (Lipinski definition) is 1. The van der Waals surface area contributed by atoms with Crippen LogP contribution in [0.2, 0.25) is 0 Å². The summed E-state index contributed by atoms with van der Waals surface area (Å²) in [6, 6.07) is 4.48. The van der Waals surface area contributed by atoms with Crippen molar-refractivity contribution in [2.24, 2.45) is 5.73 Å². The van der Waals surface area contributed by atoms with Crippen LogP contribution in [0.3, 0.4) is 0 Å². The predicted molar refractivity (Wildman–Crippen MR) is 84.9 cm³/mol. The van der Waals surface area contributed by atoms with Gasteiger partial charge in [-0.05, 0) is 37.3 Å². The fourth-order valence-electron chi connectivity index (χ4n) is 2.63. The van der Waals surface area contributed by atoms with Gasteiger partial charge in [0.05, 0.1) is 22.8 Å². The summed E-state index contributed by atoms with van der Waals surface area (Å²) in [5.41, 5.74) is 3.09. The number of alkyl halides is 3. The summed E-state index contributed by atoms with van der Waals surface area (Å²) in [6.07, 6.45) is -4.83. The molecule has 0 spiro atoms. The first kappa shape index (κ1) is 18.0. The molecular weight excluding hydrogens is 357 g/mol. The van der Waals surface area contributed by atoms with Crippen LogP contribution in [0.1, 0.15) is 24.4 Å². The van der Waals surface area contributed by atoms with E-state index in [9.17, 15) is 26.7 Å². The highest BCUT2D eigenvalue weighted by Gasteiger charge is 2.32. The van der Waals surface area contributed by atoms with E-state index in [0.29, 0.717) is 16.7 Å². The van der Waals surface area contributed by atoms with Crippen molar-refractivity contribution in [3.8, 4) is 5.69 Å². The first-order valence-corrected chi connectivity index (χ1v) is 7.44. The Hall–Kier alpha value is -2.81. The fraction of sp³-hybridized carbons (Fsp3) is 0.176. The normalized spacial score (nSPS) is 13.2. The Kier molecular flexibility index (Phi) is 4.27. The largest absolute Gasteiger partial charge is 0.416 e. The summed E-state index contributed by atoms with van der Waals surface area (Å²) < 4.78 is 67.5. The maximum atomic E-state index is 14.1. The number of aromatic nitrogens is 2. The molecular formula is C17H12F5N3O. The van der Waals surface area contributed by atoms with Crippen LogP contribution in [0.25, 0.3) is 16.6 Å². The minimum atomic E-state index is -4.83. The minimum Gasteiger partial charge on any atom is -0.322 e. The van der Waals surface area contributed by atoms with Gasteiger partial charge in [0.2, 0.25) is 0 Å². The number of halogens is 5. The van der Waals surface area contributed by atoms with Crippen LogP contribution in [0, 0.1) is 11.6 Å². The van der Waals surface area contributed by atoms with Gasteiger partial charge in [0.1, 0.15) is 22.8 Å². The topological polar surface area (TPSA) is 60.9 Å². The number of rotatable bonds is 2. The quantitative estimate of drug-likeness (QED) is 0.701. The second-order valence-electron chi connectivity index (χ2n) is 5.73. The molecule has 0 fully saturated rings. The lowest BCUT2D eigenvalue weighted by atomic mass is 10.1. The van der Waals surface area contributed by atoms with Crippen molar-refractivity contribution in [2.75, 3.05) is 0 Å². The standard InChI is InChI=1S/C17H12F5N3O/c1-8(23)15-24-13-4-2-3-12(19)14(13)16(26)25(15)11-6-9(17(20,21)22)5-10(18)7-11/h2-8H,23H2,1H3. The summed E-state index contributed by atoms with van der Waals surface area (Å²) in [4.78, 5) is 16.9. The third-order valence-corrected chi connectivity index (χ3v) is 3.75. The molecule has 0 saturated heterocycles. The first-order chi connectivity index (χ1) is 12.1. The maximum Gasteiger partial charge on any atom is 0.416 e. The number of fused-ring (bicyclic) bond motifs is 1. The number of nitrogens with zero attached hydrogens (tertiary/aromatic N) is 2. The predicted octanol–water partition coefficient (Wildman–Crippen LogP) is 3.70. The van der Waals surface area contributed by atoms with Gasteiger partial charge in [-0.15, -0.1) is 0 Å². The van der Waals surface area contributed by atoms with Crippen LogP contribution in [0.5, 0.6) is 0 Å². The van der Waals surface area contributed by atoms with Crippen molar-refractivity contribution in [1.29, 1.82) is 0 Å². The molecule has 4 nitrogen and oxygen atoms in total. The van der Waals surface area contributed by atoms with Crippen LogP contribution in [-0.2, 0) is 6.18 Å². The number of nitrogens with two attached hydrogens (primary N) is 1. The van der Waals surface area contributed by atoms with Gasteiger partial charge in [0.25, 0.3) is 5.56 Å². The van der Waals surface area contributed by atoms with Gasteiger partial charge in [-0.2, -0.15) is 13.2 Å². The molecule has 26 heavy (non-hydrogen) atoms. The molecule has 0 saturated carbocycles. The first-order valence-electron chi connectivity index (χ1n) is 7.44. The lowest BCUT2D eigenvalue weighted by Crippen LogP contribution is -2.28. The van der Waals surface area contributed by atoms with E-state index in [-0.39, 0.29) is 11.3 Å². The molecule has 9 heteroatoms. The molecule has 0 amide bonds. The average Bonchev–Trinajstić information content (AvgIpc) is 2.53. The van der Waals surface area contributed by atoms with Crippen LogP contribution in [-0.4, -0.2) is 9.55 Å². The van der Waals surface area contributed by atoms with Crippen molar-refractivity contribution in [3.05, 3.63) is 69.8 Å². The molecule has 1 heterocycles. The Morgan fingerprint density at radius 1 is 1.15 bits per heavy atom. The summed E-state index contributed by atoms with van der Waals surface area (Å²) >= 11 is 0. The van der Waals surface area contributed by atoms with Gasteiger partial charge in [-0.1, -0.05) is 6.07 Å². The van der Waals surface area contributed by atoms with Crippen LogP contribution >= 0.6 is 0 Å². The van der Waals surface area contributed by atoms with Gasteiger partial charge in [-0.3, -0.25) is 9.36 Å². The van der Waals surface area contributed by atoms with Gasteiger partial charge in [0.15, 0.2) is 0 Å². The van der Waals surface area contributed by atoms with Gasteiger partial charge >= 0.3 is 6.18 Å². The van der Waals surface area contributed by atoms with Crippen LogP contribution in [0.15, 0.2) is 41.2 Å². The van der Waals surface area contributed by atoms with Crippen LogP contribution in [0.4, 0.5) is 22.0 Å². The Bertz CT molecular complexity index is 1060. The zero-order valence-electron chi connectivity index (χ0n) is 13.3. The molecule has 1 atom stereocenters. The van der Waals surface area contributed by atoms with Crippen LogP contribution < -0.4 is 11.3 Å². The van der Waals surface area contributed by atoms with Gasteiger partial charge in [0, 0.05) is 0 Å². The van der Waals surface area contributed by atoms with E-state index in [2.05, 4.69) is 4.98 Å². The van der Waals surface area contributed by atoms with E-state index < -0.39 is 46.0 Å². The van der Waals surface area contributed by atoms with Crippen molar-refractivity contribution in [3.63, 3.8) is 0 Å². The van der Waals surface area contributed by atoms with E-state index in [1.54, 1.807) is 0 Å². The summed E-state index contributed by atoms with van der Waals surface area (Å²) in [7, 11) is 0. The molecule has 2 aromatic carbocycles. The molecule has 136 valence electrons. The van der Waals surface area contributed by atoms with Crippen molar-refractivity contribution in [2.45, 2.75) is 19.1 Å². The smallest absolute Gasteiger partial charge is 0.322 e. The van der Waals surface area contributed by atoms with E-state index >= 15 is 0 Å². The fourth-order valence-corrected chi connectivity index (χ4v) is 2.63. The molecule has 3 aromatic rings. The molecule has 0 bridgehead atoms. The monoisotopic (exact) mass is 369 g/mol. The van der Waals surface area contributed by atoms with E-state index in [1.165, 1.54) is 19.1 Å². The number of benzene rings is 2. The lowest BCUT2D eigenvalue weighted by molar-refractivity contribution is -0.137. The highest BCUT2D eigenvalue weighted by molar-refractivity contribution is 5.78. The Labute approximate surface area is 143 Å². The molecule has 1 aromatic heterocycles. The van der Waals surface area contributed by atoms with Crippen molar-refractivity contribution < 1.29 is 22.0 Å². The molecule has 0 aliphatic heterocycles. The van der Waals surface area contributed by atoms with Gasteiger partial charge in [-0.25, -0.2) is 13.8 Å². The summed E-state index contributed by atoms with van der Waals surface area (Å²) in [5.74, 6) is -2.21. The molecule has 2 N–H and O–H groups in total. The summed E-state index contributed by atoms with van der Waals surface area (Å²) in [5, 5.41) is -0.422. The zero-order valence-corrected chi connectivity index (χ0v) is 13.3. The average molecular weight is 369 g/mol. The molecule has 1 unspecified atom stereocenters. The zero-order chi connectivity index (χ0) is 19.2. The molecule has 0 radical (unpaired) electrons. The minimum absolute atomic E-state index is 0.00555. The van der Waals surface area contributed by atoms with Crippen molar-refractivity contribution in [1.82, 2.24) is 9.55 Å². The highest BCUT2D eigenvalue weighted by Crippen LogP contribution is 2.31. The lowest BCUT2D eigenvalue weighted by Gasteiger charge is -2.17.